The van der Waals surface area contributed by atoms with Crippen molar-refractivity contribution in [2.45, 2.75) is 19.3 Å². The second-order valence-electron chi connectivity index (χ2n) is 10.9. The lowest BCUT2D eigenvalue weighted by Gasteiger charge is -2.24. The maximum Gasteiger partial charge on any atom is 0.160 e. The minimum atomic E-state index is -0.219. The smallest absolute Gasteiger partial charge is 0.160 e. The number of aromatic nitrogens is 3. The van der Waals surface area contributed by atoms with E-state index in [0.29, 0.717) is 0 Å². The van der Waals surface area contributed by atoms with Crippen LogP contribution in [0, 0.1) is 0 Å². The molecule has 0 N–H and O–H groups in total. The van der Waals surface area contributed by atoms with E-state index in [4.69, 9.17) is 9.97 Å². The first-order valence-corrected chi connectivity index (χ1v) is 14.3. The van der Waals surface area contributed by atoms with Gasteiger partial charge in [-0.05, 0) is 28.8 Å². The highest BCUT2D eigenvalue weighted by molar-refractivity contribution is 7.26. The van der Waals surface area contributed by atoms with Crippen molar-refractivity contribution in [1.82, 2.24) is 15.0 Å². The highest BCUT2D eigenvalue weighted by atomic mass is 32.1. The van der Waals surface area contributed by atoms with Crippen LogP contribution in [0.5, 0.6) is 0 Å². The molecule has 0 spiro atoms. The summed E-state index contributed by atoms with van der Waals surface area (Å²) in [5.41, 5.74) is 9.93. The zero-order chi connectivity index (χ0) is 26.8. The van der Waals surface area contributed by atoms with Crippen LogP contribution in [0.2, 0.25) is 0 Å². The van der Waals surface area contributed by atoms with Crippen molar-refractivity contribution < 1.29 is 0 Å². The quantitative estimate of drug-likeness (QED) is 0.228. The number of nitrogens with zero attached hydrogens (tertiary/aromatic N) is 3. The van der Waals surface area contributed by atoms with Crippen LogP contribution in [0.3, 0.4) is 0 Å². The SMILES string of the molecule is CC1(C)c2ccccc2-c2nc(-c3ccc(-c4cccnc4)cc3)nc(-c3cccc4c3sc3ccccc34)c21. The van der Waals surface area contributed by atoms with Gasteiger partial charge in [-0.15, -0.1) is 11.3 Å². The number of hydrogen-bond donors (Lipinski definition) is 0. The molecule has 4 heteroatoms. The Morgan fingerprint density at radius 2 is 1.30 bits per heavy atom. The van der Waals surface area contributed by atoms with Gasteiger partial charge in [0.15, 0.2) is 5.82 Å². The first-order chi connectivity index (χ1) is 19.6. The van der Waals surface area contributed by atoms with Gasteiger partial charge >= 0.3 is 0 Å². The summed E-state index contributed by atoms with van der Waals surface area (Å²) in [5, 5.41) is 2.57. The Morgan fingerprint density at radius 1 is 0.600 bits per heavy atom. The van der Waals surface area contributed by atoms with Gasteiger partial charge in [-0.1, -0.05) is 105 Å². The Bertz CT molecular complexity index is 2070. The number of hydrogen-bond acceptors (Lipinski definition) is 4. The summed E-state index contributed by atoms with van der Waals surface area (Å²) in [7, 11) is 0. The molecule has 3 aromatic heterocycles. The molecule has 0 bridgehead atoms. The molecular weight excluding hydrogens is 506 g/mol. The van der Waals surface area contributed by atoms with Gasteiger partial charge in [0, 0.05) is 60.2 Å². The maximum atomic E-state index is 5.37. The molecule has 40 heavy (non-hydrogen) atoms. The molecule has 0 saturated heterocycles. The number of rotatable bonds is 3. The van der Waals surface area contributed by atoms with Crippen molar-refractivity contribution in [3.8, 4) is 45.0 Å². The van der Waals surface area contributed by atoms with Gasteiger partial charge in [0.05, 0.1) is 11.4 Å². The molecular formula is C36H25N3S. The fourth-order valence-corrected chi connectivity index (χ4v) is 7.44. The van der Waals surface area contributed by atoms with Crippen LogP contribution in [0.1, 0.15) is 25.0 Å². The van der Waals surface area contributed by atoms with Crippen LogP contribution < -0.4 is 0 Å². The van der Waals surface area contributed by atoms with Crippen LogP contribution in [-0.4, -0.2) is 15.0 Å². The summed E-state index contributed by atoms with van der Waals surface area (Å²) in [6.07, 6.45) is 3.69. The fourth-order valence-electron chi connectivity index (χ4n) is 6.22. The number of pyridine rings is 1. The van der Waals surface area contributed by atoms with E-state index in [1.165, 1.54) is 42.4 Å². The largest absolute Gasteiger partial charge is 0.264 e. The molecule has 4 aromatic carbocycles. The van der Waals surface area contributed by atoms with Crippen molar-refractivity contribution >= 4 is 31.5 Å². The first-order valence-electron chi connectivity index (χ1n) is 13.5. The third kappa shape index (κ3) is 3.39. The predicted molar refractivity (Wildman–Crippen MR) is 167 cm³/mol. The normalized spacial score (nSPS) is 13.4. The van der Waals surface area contributed by atoms with Crippen molar-refractivity contribution in [2.24, 2.45) is 0 Å². The third-order valence-corrected chi connectivity index (χ3v) is 9.41. The lowest BCUT2D eigenvalue weighted by Crippen LogP contribution is -2.17. The summed E-state index contributed by atoms with van der Waals surface area (Å²) in [6, 6.07) is 36.5. The number of benzene rings is 4. The molecule has 190 valence electrons. The monoisotopic (exact) mass is 531 g/mol. The van der Waals surface area contributed by atoms with Crippen LogP contribution in [0.25, 0.3) is 65.2 Å². The Balaban J connectivity index is 1.40. The Morgan fingerprint density at radius 3 is 2.12 bits per heavy atom. The minimum Gasteiger partial charge on any atom is -0.264 e. The second kappa shape index (κ2) is 8.67. The average molecular weight is 532 g/mol. The zero-order valence-electron chi connectivity index (χ0n) is 22.2. The molecule has 0 saturated carbocycles. The summed E-state index contributed by atoms with van der Waals surface area (Å²) in [5.74, 6) is 0.747. The molecule has 3 nitrogen and oxygen atoms in total. The molecule has 0 amide bonds. The summed E-state index contributed by atoms with van der Waals surface area (Å²) in [4.78, 5) is 14.9. The van der Waals surface area contributed by atoms with E-state index < -0.39 is 0 Å². The van der Waals surface area contributed by atoms with Gasteiger partial charge in [-0.3, -0.25) is 4.98 Å². The Hall–Kier alpha value is -4.67. The zero-order valence-corrected chi connectivity index (χ0v) is 23.0. The lowest BCUT2D eigenvalue weighted by molar-refractivity contribution is 0.658. The van der Waals surface area contributed by atoms with E-state index in [2.05, 4.69) is 116 Å². The molecule has 0 atom stereocenters. The molecule has 0 fully saturated rings. The van der Waals surface area contributed by atoms with E-state index in [0.717, 1.165) is 33.9 Å². The standard InChI is InChI=1S/C36H25N3S/c1-36(2)29-14-5-3-11-27(29)32-31(36)33(28-13-7-12-26-25-10-4-6-15-30(25)40-34(26)28)39-35(38-32)23-18-16-22(17-19-23)24-9-8-20-37-21-24/h3-21H,1-2H3. The maximum absolute atomic E-state index is 5.37. The number of thiophene rings is 1. The van der Waals surface area contributed by atoms with E-state index >= 15 is 0 Å². The van der Waals surface area contributed by atoms with Gasteiger partial charge in [0.1, 0.15) is 0 Å². The van der Waals surface area contributed by atoms with Crippen molar-refractivity contribution in [3.63, 3.8) is 0 Å². The van der Waals surface area contributed by atoms with Crippen LogP contribution in [0.4, 0.5) is 0 Å². The number of fused-ring (bicyclic) bond motifs is 6. The van der Waals surface area contributed by atoms with Crippen LogP contribution in [0.15, 0.2) is 116 Å². The van der Waals surface area contributed by atoms with Crippen LogP contribution in [-0.2, 0) is 5.41 Å². The summed E-state index contributed by atoms with van der Waals surface area (Å²) in [6.45, 7) is 4.61. The molecule has 1 aliphatic rings. The lowest BCUT2D eigenvalue weighted by atomic mass is 9.80. The van der Waals surface area contributed by atoms with Gasteiger partial charge in [0.25, 0.3) is 0 Å². The van der Waals surface area contributed by atoms with Gasteiger partial charge in [-0.2, -0.15) is 0 Å². The Kier molecular flexibility index (Phi) is 5.04. The molecule has 3 heterocycles. The van der Waals surface area contributed by atoms with E-state index in [9.17, 15) is 0 Å². The van der Waals surface area contributed by atoms with E-state index in [1.807, 2.05) is 23.6 Å². The van der Waals surface area contributed by atoms with E-state index in [-0.39, 0.29) is 5.41 Å². The van der Waals surface area contributed by atoms with Crippen LogP contribution >= 0.6 is 11.3 Å². The average Bonchev–Trinajstić information content (AvgIpc) is 3.50. The van der Waals surface area contributed by atoms with Gasteiger partial charge in [-0.25, -0.2) is 9.97 Å². The summed E-state index contributed by atoms with van der Waals surface area (Å²) < 4.78 is 2.57. The molecule has 7 aromatic rings. The molecule has 8 rings (SSSR count). The molecule has 0 aliphatic heterocycles. The molecule has 0 radical (unpaired) electrons. The van der Waals surface area contributed by atoms with E-state index in [1.54, 1.807) is 6.20 Å². The van der Waals surface area contributed by atoms with Gasteiger partial charge < -0.3 is 0 Å². The van der Waals surface area contributed by atoms with Crippen molar-refractivity contribution in [3.05, 3.63) is 127 Å². The summed E-state index contributed by atoms with van der Waals surface area (Å²) >= 11 is 1.85. The van der Waals surface area contributed by atoms with Gasteiger partial charge in [0.2, 0.25) is 0 Å². The molecule has 0 unspecified atom stereocenters. The highest BCUT2D eigenvalue weighted by Crippen LogP contribution is 2.52. The van der Waals surface area contributed by atoms with Crippen molar-refractivity contribution in [2.75, 3.05) is 0 Å². The van der Waals surface area contributed by atoms with Crippen molar-refractivity contribution in [1.29, 1.82) is 0 Å². The fraction of sp³-hybridized carbons (Fsp3) is 0.0833. The third-order valence-electron chi connectivity index (χ3n) is 8.19. The minimum absolute atomic E-state index is 0.219. The topological polar surface area (TPSA) is 38.7 Å². The highest BCUT2D eigenvalue weighted by Gasteiger charge is 2.40. The first kappa shape index (κ1) is 23.2. The molecule has 1 aliphatic carbocycles. The second-order valence-corrected chi connectivity index (χ2v) is 11.9. The Labute approximate surface area is 236 Å². The predicted octanol–water partition coefficient (Wildman–Crippen LogP) is 9.55.